The van der Waals surface area contributed by atoms with E-state index in [1.165, 1.54) is 5.56 Å². The summed E-state index contributed by atoms with van der Waals surface area (Å²) in [7, 11) is 0. The van der Waals surface area contributed by atoms with Gasteiger partial charge in [0.25, 0.3) is 6.33 Å². The molecule has 0 N–H and O–H groups in total. The van der Waals surface area contributed by atoms with Crippen LogP contribution in [0.15, 0.2) is 352 Å². The maximum Gasteiger partial charge on any atom is 0.269 e. The summed E-state index contributed by atoms with van der Waals surface area (Å²) < 4.78 is 13.7. The first-order valence-electron chi connectivity index (χ1n) is 34.2. The topological polar surface area (TPSA) is 40.2 Å². The highest BCUT2D eigenvalue weighted by Gasteiger charge is 2.25. The van der Waals surface area contributed by atoms with Crippen LogP contribution in [-0.2, 0) is 5.41 Å². The van der Waals surface area contributed by atoms with Crippen LogP contribution in [0.3, 0.4) is 0 Å². The highest BCUT2D eigenvalue weighted by Crippen LogP contribution is 2.44. The molecular weight excluding hydrogens is 1230 g/mol. The molecule has 0 aliphatic heterocycles. The quantitative estimate of drug-likeness (QED) is 0.0804. The maximum absolute atomic E-state index is 8.63. The van der Waals surface area contributed by atoms with Crippen LogP contribution in [0.1, 0.15) is 26.3 Å². The van der Waals surface area contributed by atoms with Crippen molar-refractivity contribution in [3.63, 3.8) is 0 Å². The van der Waals surface area contributed by atoms with Crippen LogP contribution in [0, 0.1) is 12.9 Å². The predicted molar refractivity (Wildman–Crippen MR) is 416 cm³/mol. The maximum atomic E-state index is 8.63. The lowest BCUT2D eigenvalue weighted by atomic mass is 9.88. The third-order valence-electron chi connectivity index (χ3n) is 19.3. The van der Waals surface area contributed by atoms with Crippen LogP contribution in [0.2, 0.25) is 0 Å². The lowest BCUT2D eigenvalue weighted by Crippen LogP contribution is -2.31. The first kappa shape index (κ1) is 61.4. The second-order valence-corrected chi connectivity index (χ2v) is 26.9. The van der Waals surface area contributed by atoms with E-state index < -0.39 is 0 Å². The molecule has 0 spiro atoms. The molecule has 0 radical (unpaired) electrons. The molecule has 17 rings (SSSR count). The van der Waals surface area contributed by atoms with Crippen molar-refractivity contribution >= 4 is 38.5 Å². The number of benzene rings is 14. The van der Waals surface area contributed by atoms with Crippen LogP contribution in [0.5, 0.6) is 11.5 Å². The Bertz CT molecular complexity index is 5690. The zero-order valence-electron chi connectivity index (χ0n) is 56.1. The summed E-state index contributed by atoms with van der Waals surface area (Å²) in [6.45, 7) is 15.3. The van der Waals surface area contributed by atoms with Gasteiger partial charge >= 0.3 is 0 Å². The van der Waals surface area contributed by atoms with E-state index in [2.05, 4.69) is 367 Å². The molecule has 0 saturated carbocycles. The minimum Gasteiger partial charge on any atom is -0.459 e. The zero-order valence-corrected chi connectivity index (χ0v) is 56.1. The van der Waals surface area contributed by atoms with E-state index in [1.54, 1.807) is 0 Å². The largest absolute Gasteiger partial charge is 0.459 e. The van der Waals surface area contributed by atoms with Crippen molar-refractivity contribution in [2.45, 2.75) is 26.2 Å². The summed E-state index contributed by atoms with van der Waals surface area (Å²) in [5.74, 6) is 1.93. The Kier molecular flexibility index (Phi) is 15.8. The molecule has 0 aliphatic rings. The Morgan fingerprint density at radius 3 is 1.29 bits per heavy atom. The summed E-state index contributed by atoms with van der Waals surface area (Å²) in [5, 5.41) is 2.14. The SMILES string of the molecule is [C-]#[N+]c1cc(Oc2ccc3c4cc(-c5cc(-c6ccccc6)cc(-c6ccccc6)c5)ccc4n(-c4cc(C(C)(C)C)ccn4)c3c2)cc(-n2[c-][n+](-c3c(-c4cc(-c5ccccc5)cc(-c5ccccc5)c4)cccc3-c3cc(-c4ccccc4)cc(-c4ccccc4)c3)c3ccccc32)c1. The van der Waals surface area contributed by atoms with Gasteiger partial charge < -0.3 is 4.74 Å². The molecule has 3 heterocycles. The molecule has 6 nitrogen and oxygen atoms in total. The third kappa shape index (κ3) is 12.0. The van der Waals surface area contributed by atoms with E-state index in [1.807, 2.05) is 30.5 Å². The van der Waals surface area contributed by atoms with Crippen LogP contribution in [0.4, 0.5) is 5.69 Å². The second kappa shape index (κ2) is 26.0. The molecule has 14 aromatic carbocycles. The zero-order chi connectivity index (χ0) is 68.0. The van der Waals surface area contributed by atoms with Gasteiger partial charge in [-0.25, -0.2) is 9.83 Å². The van der Waals surface area contributed by atoms with Gasteiger partial charge in [0.15, 0.2) is 5.69 Å². The Morgan fingerprint density at radius 1 is 0.356 bits per heavy atom. The van der Waals surface area contributed by atoms with Gasteiger partial charge in [0, 0.05) is 23.0 Å². The van der Waals surface area contributed by atoms with Gasteiger partial charge in [-0.05, 0) is 220 Å². The van der Waals surface area contributed by atoms with Crippen molar-refractivity contribution in [3.8, 4) is 129 Å². The van der Waals surface area contributed by atoms with Crippen molar-refractivity contribution < 1.29 is 9.30 Å². The van der Waals surface area contributed by atoms with E-state index in [9.17, 15) is 0 Å². The van der Waals surface area contributed by atoms with Crippen molar-refractivity contribution in [2.24, 2.45) is 0 Å². The van der Waals surface area contributed by atoms with E-state index >= 15 is 0 Å². The summed E-state index contributed by atoms with van der Waals surface area (Å²) >= 11 is 0. The van der Waals surface area contributed by atoms with Gasteiger partial charge in [-0.3, -0.25) is 13.7 Å². The first-order chi connectivity index (χ1) is 49.6. The van der Waals surface area contributed by atoms with Crippen LogP contribution >= 0.6 is 0 Å². The average Bonchev–Trinajstić information content (AvgIpc) is 1.63. The Hall–Kier alpha value is -13.2. The standard InChI is InChI=1S/C95H67N5O/c1-95(2,3)80-46-47-97-93(58-80)100-89-45-42-70(77-51-71(64-26-11-5-12-27-64)48-72(52-77)65-28-13-6-14-29-65)57-88(89)87-44-43-83(62-92(87)100)101-84-60-81(96-4)59-82(61-84)98-63-99(91-41-24-23-40-90(91)98)94-85(78-53-73(66-30-15-7-16-31-66)49-74(54-78)67-32-17-8-18-33-67)38-25-39-86(94)79-55-75(68-34-19-9-20-35-68)50-76(56-79)69-36-21-10-22-37-69/h5-62H,1-3H3. The fraction of sp³-hybridized carbons (Fsp3) is 0.0421. The molecule has 478 valence electrons. The van der Waals surface area contributed by atoms with E-state index in [4.69, 9.17) is 16.3 Å². The molecule has 0 amide bonds. The summed E-state index contributed by atoms with van der Waals surface area (Å²) in [6, 6.07) is 123. The van der Waals surface area contributed by atoms with Crippen LogP contribution in [0.25, 0.3) is 155 Å². The molecule has 0 unspecified atom stereocenters. The monoisotopic (exact) mass is 1290 g/mol. The first-order valence-corrected chi connectivity index (χ1v) is 34.2. The molecular formula is C95H67N5O. The normalized spacial score (nSPS) is 11.5. The molecule has 0 atom stereocenters. The molecule has 0 saturated heterocycles. The summed E-state index contributed by atoms with van der Waals surface area (Å²) in [5.41, 5.74) is 26.8. The molecule has 101 heavy (non-hydrogen) atoms. The smallest absolute Gasteiger partial charge is 0.269 e. The highest BCUT2D eigenvalue weighted by molar-refractivity contribution is 6.11. The number of fused-ring (bicyclic) bond motifs is 4. The molecule has 0 bridgehead atoms. The lowest BCUT2D eigenvalue weighted by Gasteiger charge is -2.20. The Labute approximate surface area is 588 Å². The van der Waals surface area contributed by atoms with Gasteiger partial charge in [-0.2, -0.15) is 0 Å². The number of para-hydroxylation sites is 3. The molecule has 0 fully saturated rings. The van der Waals surface area contributed by atoms with E-state index in [0.717, 1.165) is 150 Å². The summed E-state index contributed by atoms with van der Waals surface area (Å²) in [6.07, 6.45) is 5.87. The van der Waals surface area contributed by atoms with Gasteiger partial charge in [-0.15, -0.1) is 0 Å². The molecule has 0 aliphatic carbocycles. The average molecular weight is 1290 g/mol. The van der Waals surface area contributed by atoms with Gasteiger partial charge in [0.05, 0.1) is 40.0 Å². The van der Waals surface area contributed by atoms with E-state index in [0.29, 0.717) is 17.2 Å². The number of hydrogen-bond donors (Lipinski definition) is 0. The van der Waals surface area contributed by atoms with Gasteiger partial charge in [0.2, 0.25) is 0 Å². The fourth-order valence-corrected chi connectivity index (χ4v) is 14.3. The fourth-order valence-electron chi connectivity index (χ4n) is 14.3. The highest BCUT2D eigenvalue weighted by atomic mass is 16.5. The number of pyridine rings is 1. The number of ether oxygens (including phenoxy) is 1. The summed E-state index contributed by atoms with van der Waals surface area (Å²) in [4.78, 5) is 9.19. The number of nitrogens with zero attached hydrogens (tertiary/aromatic N) is 5. The van der Waals surface area contributed by atoms with Crippen LogP contribution < -0.4 is 9.30 Å². The minimum absolute atomic E-state index is 0.126. The third-order valence-corrected chi connectivity index (χ3v) is 19.3. The van der Waals surface area contributed by atoms with Gasteiger partial charge in [-0.1, -0.05) is 251 Å². The van der Waals surface area contributed by atoms with Crippen molar-refractivity contribution in [2.75, 3.05) is 0 Å². The van der Waals surface area contributed by atoms with Crippen molar-refractivity contribution in [3.05, 3.63) is 375 Å². The van der Waals surface area contributed by atoms with Gasteiger partial charge in [0.1, 0.15) is 17.3 Å². The Morgan fingerprint density at radius 2 is 0.812 bits per heavy atom. The van der Waals surface area contributed by atoms with Crippen molar-refractivity contribution in [1.29, 1.82) is 0 Å². The van der Waals surface area contributed by atoms with Crippen molar-refractivity contribution in [1.82, 2.24) is 14.1 Å². The van der Waals surface area contributed by atoms with Crippen LogP contribution in [-0.4, -0.2) is 14.1 Å². The molecule has 3 aromatic heterocycles. The molecule has 17 aromatic rings. The predicted octanol–water partition coefficient (Wildman–Crippen LogP) is 24.8. The number of rotatable bonds is 14. The minimum atomic E-state index is -0.126. The van der Waals surface area contributed by atoms with E-state index in [-0.39, 0.29) is 5.41 Å². The second-order valence-electron chi connectivity index (χ2n) is 26.9. The number of hydrogen-bond acceptors (Lipinski definition) is 2. The number of imidazole rings is 1. The lowest BCUT2D eigenvalue weighted by molar-refractivity contribution is -0.571. The number of aromatic nitrogens is 4. The Balaban J connectivity index is 0.830. The molecule has 6 heteroatoms.